The minimum Gasteiger partial charge on any atom is -0.368 e. The molecule has 1 fully saturated rings. The molecule has 1 amide bonds. The summed E-state index contributed by atoms with van der Waals surface area (Å²) in [6, 6.07) is 12.8. The average molecular weight is 434 g/mol. The molecule has 1 aromatic heterocycles. The van der Waals surface area contributed by atoms with Crippen molar-refractivity contribution >= 4 is 17.3 Å². The molecule has 3 aromatic rings. The van der Waals surface area contributed by atoms with Crippen molar-refractivity contribution in [1.29, 1.82) is 0 Å². The van der Waals surface area contributed by atoms with E-state index in [4.69, 9.17) is 0 Å². The number of aryl methyl sites for hydroxylation is 4. The zero-order valence-electron chi connectivity index (χ0n) is 18.8. The van der Waals surface area contributed by atoms with Gasteiger partial charge in [-0.2, -0.15) is 5.10 Å². The molecule has 2 heterocycles. The summed E-state index contributed by atoms with van der Waals surface area (Å²) in [5.41, 5.74) is 5.99. The van der Waals surface area contributed by atoms with Crippen LogP contribution in [-0.4, -0.2) is 51.7 Å². The van der Waals surface area contributed by atoms with Crippen molar-refractivity contribution in [2.45, 2.75) is 27.7 Å². The van der Waals surface area contributed by atoms with Crippen LogP contribution >= 0.6 is 0 Å². The van der Waals surface area contributed by atoms with E-state index in [2.05, 4.69) is 10.00 Å². The first-order valence-electron chi connectivity index (χ1n) is 10.7. The number of hydrogen-bond acceptors (Lipinski definition) is 5. The van der Waals surface area contributed by atoms with Gasteiger partial charge in [-0.25, -0.2) is 4.68 Å². The number of rotatable bonds is 4. The molecule has 8 heteroatoms. The first kappa shape index (κ1) is 21.5. The van der Waals surface area contributed by atoms with Gasteiger partial charge < -0.3 is 9.80 Å². The topological polar surface area (TPSA) is 84.5 Å². The number of hydrogen-bond donors (Lipinski definition) is 0. The van der Waals surface area contributed by atoms with Crippen LogP contribution in [0.2, 0.25) is 0 Å². The van der Waals surface area contributed by atoms with Crippen LogP contribution in [0.5, 0.6) is 0 Å². The summed E-state index contributed by atoms with van der Waals surface area (Å²) in [7, 11) is 0. The number of carbonyl (C=O) groups is 1. The summed E-state index contributed by atoms with van der Waals surface area (Å²) in [6.07, 6.45) is 0. The van der Waals surface area contributed by atoms with Crippen LogP contribution in [0.4, 0.5) is 11.4 Å². The van der Waals surface area contributed by atoms with E-state index in [1.807, 2.05) is 62.9 Å². The van der Waals surface area contributed by atoms with Crippen LogP contribution < -0.4 is 4.90 Å². The van der Waals surface area contributed by atoms with Gasteiger partial charge in [0.25, 0.3) is 11.6 Å². The molecule has 0 saturated carbocycles. The second-order valence-electron chi connectivity index (χ2n) is 8.35. The molecule has 0 radical (unpaired) electrons. The monoisotopic (exact) mass is 433 g/mol. The van der Waals surface area contributed by atoms with Gasteiger partial charge >= 0.3 is 0 Å². The average Bonchev–Trinajstić information content (AvgIpc) is 3.12. The molecule has 1 aliphatic heterocycles. The first-order valence-corrected chi connectivity index (χ1v) is 10.7. The zero-order chi connectivity index (χ0) is 23.0. The Balaban J connectivity index is 1.54. The SMILES string of the molecule is Cc1cc(C)n(-c2cc(N3CCN(C(=O)c4ccc(C)c(C)c4)CC3)ccc2[N+](=O)[O-])n1. The van der Waals surface area contributed by atoms with E-state index < -0.39 is 0 Å². The minimum absolute atomic E-state index is 0.0171. The van der Waals surface area contributed by atoms with Gasteiger partial charge in [0.15, 0.2) is 0 Å². The second-order valence-corrected chi connectivity index (χ2v) is 8.35. The molecular weight excluding hydrogens is 406 g/mol. The van der Waals surface area contributed by atoms with Crippen molar-refractivity contribution in [3.63, 3.8) is 0 Å². The van der Waals surface area contributed by atoms with Crippen LogP contribution in [0, 0.1) is 37.8 Å². The highest BCUT2D eigenvalue weighted by Gasteiger charge is 2.25. The van der Waals surface area contributed by atoms with Gasteiger partial charge in [-0.1, -0.05) is 6.07 Å². The maximum atomic E-state index is 12.9. The van der Waals surface area contributed by atoms with Gasteiger partial charge in [0.1, 0.15) is 5.69 Å². The Morgan fingerprint density at radius 2 is 1.66 bits per heavy atom. The fourth-order valence-corrected chi connectivity index (χ4v) is 4.13. The van der Waals surface area contributed by atoms with Gasteiger partial charge in [0.2, 0.25) is 0 Å². The van der Waals surface area contributed by atoms with Gasteiger partial charge in [-0.3, -0.25) is 14.9 Å². The molecule has 1 saturated heterocycles. The third-order valence-corrected chi connectivity index (χ3v) is 6.08. The highest BCUT2D eigenvalue weighted by Crippen LogP contribution is 2.30. The molecule has 4 rings (SSSR count). The van der Waals surface area contributed by atoms with Gasteiger partial charge in [0.05, 0.1) is 10.6 Å². The molecule has 0 spiro atoms. The summed E-state index contributed by atoms with van der Waals surface area (Å²) >= 11 is 0. The van der Waals surface area contributed by atoms with Crippen LogP contribution in [0.15, 0.2) is 42.5 Å². The van der Waals surface area contributed by atoms with Crippen molar-refractivity contribution in [2.24, 2.45) is 0 Å². The Morgan fingerprint density at radius 1 is 0.938 bits per heavy atom. The number of amides is 1. The number of anilines is 1. The van der Waals surface area contributed by atoms with Gasteiger partial charge in [-0.15, -0.1) is 0 Å². The number of piperazine rings is 1. The quantitative estimate of drug-likeness (QED) is 0.459. The van der Waals surface area contributed by atoms with E-state index in [0.29, 0.717) is 37.4 Å². The normalized spacial score (nSPS) is 14.0. The molecule has 0 unspecified atom stereocenters. The van der Waals surface area contributed by atoms with Crippen LogP contribution in [0.25, 0.3) is 5.69 Å². The number of nitro benzene ring substituents is 1. The first-order chi connectivity index (χ1) is 15.2. The lowest BCUT2D eigenvalue weighted by Gasteiger charge is -2.36. The van der Waals surface area contributed by atoms with Crippen molar-refractivity contribution in [3.8, 4) is 5.69 Å². The van der Waals surface area contributed by atoms with Crippen molar-refractivity contribution < 1.29 is 9.72 Å². The maximum absolute atomic E-state index is 12.9. The summed E-state index contributed by atoms with van der Waals surface area (Å²) in [6.45, 7) is 10.3. The molecule has 0 atom stereocenters. The number of aromatic nitrogens is 2. The molecule has 0 bridgehead atoms. The van der Waals surface area contributed by atoms with E-state index in [9.17, 15) is 14.9 Å². The molecule has 8 nitrogen and oxygen atoms in total. The molecule has 0 aliphatic carbocycles. The Hall–Kier alpha value is -3.68. The third kappa shape index (κ3) is 4.08. The lowest BCUT2D eigenvalue weighted by atomic mass is 10.1. The van der Waals surface area contributed by atoms with E-state index in [-0.39, 0.29) is 16.5 Å². The summed E-state index contributed by atoms with van der Waals surface area (Å²) in [5.74, 6) is 0.0415. The molecule has 2 aromatic carbocycles. The van der Waals surface area contributed by atoms with E-state index in [0.717, 1.165) is 22.6 Å². The summed E-state index contributed by atoms with van der Waals surface area (Å²) in [5, 5.41) is 16.0. The Bertz CT molecular complexity index is 1190. The van der Waals surface area contributed by atoms with Crippen molar-refractivity contribution in [1.82, 2.24) is 14.7 Å². The summed E-state index contributed by atoms with van der Waals surface area (Å²) in [4.78, 5) is 28.2. The third-order valence-electron chi connectivity index (χ3n) is 6.08. The number of carbonyl (C=O) groups excluding carboxylic acids is 1. The van der Waals surface area contributed by atoms with E-state index in [1.54, 1.807) is 10.7 Å². The summed E-state index contributed by atoms with van der Waals surface area (Å²) < 4.78 is 1.62. The van der Waals surface area contributed by atoms with Crippen molar-refractivity contribution in [3.05, 3.63) is 80.7 Å². The zero-order valence-corrected chi connectivity index (χ0v) is 18.8. The molecule has 166 valence electrons. The smallest absolute Gasteiger partial charge is 0.295 e. The predicted molar refractivity (Wildman–Crippen MR) is 124 cm³/mol. The van der Waals surface area contributed by atoms with Gasteiger partial charge in [-0.05, 0) is 69.2 Å². The standard InChI is InChI=1S/C24H27N5O3/c1-16-5-6-20(13-17(16)2)24(30)27-11-9-26(10-12-27)21-7-8-22(29(31)32)23(15-21)28-19(4)14-18(3)25-28/h5-8,13-15H,9-12H2,1-4H3. The molecule has 1 aliphatic rings. The molecular formula is C24H27N5O3. The Labute approximate surface area is 187 Å². The molecule has 32 heavy (non-hydrogen) atoms. The number of nitrogens with zero attached hydrogens (tertiary/aromatic N) is 5. The second kappa shape index (κ2) is 8.45. The van der Waals surface area contributed by atoms with Crippen LogP contribution in [0.1, 0.15) is 32.9 Å². The van der Waals surface area contributed by atoms with Crippen LogP contribution in [0.3, 0.4) is 0 Å². The fourth-order valence-electron chi connectivity index (χ4n) is 4.13. The highest BCUT2D eigenvalue weighted by molar-refractivity contribution is 5.94. The fraction of sp³-hybridized carbons (Fsp3) is 0.333. The van der Waals surface area contributed by atoms with E-state index >= 15 is 0 Å². The number of benzene rings is 2. The largest absolute Gasteiger partial charge is 0.368 e. The minimum atomic E-state index is -0.379. The molecule has 0 N–H and O–H groups in total. The number of nitro groups is 1. The lowest BCUT2D eigenvalue weighted by Crippen LogP contribution is -2.48. The predicted octanol–water partition coefficient (Wildman–Crippen LogP) is 3.98. The van der Waals surface area contributed by atoms with Crippen LogP contribution in [-0.2, 0) is 0 Å². The van der Waals surface area contributed by atoms with E-state index in [1.165, 1.54) is 11.6 Å². The van der Waals surface area contributed by atoms with Gasteiger partial charge in [0, 0.05) is 49.2 Å². The highest BCUT2D eigenvalue weighted by atomic mass is 16.6. The lowest BCUT2D eigenvalue weighted by molar-refractivity contribution is -0.384. The Kier molecular flexibility index (Phi) is 5.69. The van der Waals surface area contributed by atoms with Crippen molar-refractivity contribution in [2.75, 3.05) is 31.1 Å². The maximum Gasteiger partial charge on any atom is 0.295 e. The Morgan fingerprint density at radius 3 is 2.25 bits per heavy atom.